The van der Waals surface area contributed by atoms with Crippen LogP contribution < -0.4 is 5.32 Å². The van der Waals surface area contributed by atoms with Crippen molar-refractivity contribution in [2.45, 2.75) is 52.8 Å². The number of anilines is 1. The maximum Gasteiger partial charge on any atom is 0.417 e. The first-order valence-corrected chi connectivity index (χ1v) is 11.3. The zero-order valence-electron chi connectivity index (χ0n) is 19.9. The van der Waals surface area contributed by atoms with Crippen LogP contribution in [-0.4, -0.2) is 32.7 Å². The normalized spacial score (nSPS) is 18.0. The van der Waals surface area contributed by atoms with E-state index in [-0.39, 0.29) is 16.8 Å². The van der Waals surface area contributed by atoms with E-state index >= 15 is 0 Å². The molecule has 2 aromatic heterocycles. The Morgan fingerprint density at radius 2 is 1.91 bits per heavy atom. The van der Waals surface area contributed by atoms with Crippen molar-refractivity contribution in [3.05, 3.63) is 59.8 Å². The molecule has 0 bridgehead atoms. The zero-order chi connectivity index (χ0) is 25.8. The number of urea groups is 1. The number of pyridine rings is 1. The predicted octanol–water partition coefficient (Wildman–Crippen LogP) is 6.63. The summed E-state index contributed by atoms with van der Waals surface area (Å²) in [7, 11) is 0. The third kappa shape index (κ3) is 6.14. The predicted molar refractivity (Wildman–Crippen MR) is 122 cm³/mol. The fourth-order valence-electron chi connectivity index (χ4n) is 3.93. The number of aromatic nitrogens is 3. The van der Waals surface area contributed by atoms with Gasteiger partial charge in [0.05, 0.1) is 11.8 Å². The summed E-state index contributed by atoms with van der Waals surface area (Å²) in [6, 6.07) is 3.18. The molecule has 2 atom stereocenters. The summed E-state index contributed by atoms with van der Waals surface area (Å²) in [5, 5.41) is 10.5. The fourth-order valence-corrected chi connectivity index (χ4v) is 3.93. The van der Waals surface area contributed by atoms with E-state index in [1.165, 1.54) is 4.90 Å². The Morgan fingerprint density at radius 1 is 1.17 bits per heavy atom. The van der Waals surface area contributed by atoms with Crippen LogP contribution in [0.2, 0.25) is 0 Å². The van der Waals surface area contributed by atoms with Gasteiger partial charge in [-0.15, -0.1) is 10.2 Å². The van der Waals surface area contributed by atoms with E-state index in [2.05, 4.69) is 27.4 Å². The molecule has 4 rings (SSSR count). The highest BCUT2D eigenvalue weighted by Crippen LogP contribution is 2.39. The van der Waals surface area contributed by atoms with E-state index < -0.39 is 29.6 Å². The molecule has 3 heterocycles. The van der Waals surface area contributed by atoms with Crippen LogP contribution in [0.25, 0.3) is 11.1 Å². The molecule has 1 aliphatic rings. The molecule has 188 valence electrons. The molecule has 2 unspecified atom stereocenters. The quantitative estimate of drug-likeness (QED) is 0.414. The highest BCUT2D eigenvalue weighted by atomic mass is 19.4. The largest absolute Gasteiger partial charge is 0.423 e. The molecule has 1 N–H and O–H groups in total. The van der Waals surface area contributed by atoms with Crippen LogP contribution in [0.15, 0.2) is 41.1 Å². The van der Waals surface area contributed by atoms with Crippen LogP contribution in [-0.2, 0) is 6.18 Å². The summed E-state index contributed by atoms with van der Waals surface area (Å²) in [4.78, 5) is 18.3. The number of nitrogens with zero attached hydrogens (tertiary/aromatic N) is 4. The maximum absolute atomic E-state index is 13.6. The Morgan fingerprint density at radius 3 is 2.54 bits per heavy atom. The molecule has 1 saturated heterocycles. The van der Waals surface area contributed by atoms with Gasteiger partial charge in [-0.2, -0.15) is 13.2 Å². The van der Waals surface area contributed by atoms with Crippen molar-refractivity contribution in [1.29, 1.82) is 0 Å². The van der Waals surface area contributed by atoms with E-state index in [9.17, 15) is 22.4 Å². The molecular formula is C24H27F4N5O2. The molecule has 35 heavy (non-hydrogen) atoms. The summed E-state index contributed by atoms with van der Waals surface area (Å²) < 4.78 is 59.9. The summed E-state index contributed by atoms with van der Waals surface area (Å²) in [5.41, 5.74) is -1.17. The number of aryl methyl sites for hydroxylation is 1. The molecule has 1 aliphatic heterocycles. The minimum Gasteiger partial charge on any atom is -0.423 e. The second-order valence-electron chi connectivity index (χ2n) is 8.08. The molecule has 0 radical (unpaired) electrons. The van der Waals surface area contributed by atoms with Gasteiger partial charge in [-0.25, -0.2) is 9.18 Å². The third-order valence-electron chi connectivity index (χ3n) is 5.54. The van der Waals surface area contributed by atoms with Crippen molar-refractivity contribution in [1.82, 2.24) is 20.1 Å². The molecule has 11 heteroatoms. The lowest BCUT2D eigenvalue weighted by atomic mass is 9.92. The number of alkyl halides is 3. The summed E-state index contributed by atoms with van der Waals surface area (Å²) >= 11 is 0. The zero-order valence-corrected chi connectivity index (χ0v) is 19.9. The van der Waals surface area contributed by atoms with Gasteiger partial charge in [0.1, 0.15) is 11.9 Å². The van der Waals surface area contributed by atoms with Gasteiger partial charge in [0, 0.05) is 30.9 Å². The number of benzene rings is 1. The van der Waals surface area contributed by atoms with Gasteiger partial charge in [0.2, 0.25) is 11.8 Å². The number of hydrogen-bond acceptors (Lipinski definition) is 5. The number of amides is 2. The smallest absolute Gasteiger partial charge is 0.417 e. The number of piperidine rings is 1. The Bertz CT molecular complexity index is 1160. The number of carbonyl (C=O) groups excluding carboxylic acids is 1. The molecular weight excluding hydrogens is 466 g/mol. The first-order valence-electron chi connectivity index (χ1n) is 11.3. The summed E-state index contributed by atoms with van der Waals surface area (Å²) in [6.07, 6.45) is -1.26. The van der Waals surface area contributed by atoms with Crippen LogP contribution in [0.1, 0.15) is 57.0 Å². The lowest BCUT2D eigenvalue weighted by molar-refractivity contribution is -0.137. The Kier molecular flexibility index (Phi) is 8.08. The number of likely N-dealkylation sites (tertiary alicyclic amines) is 1. The fraction of sp³-hybridized carbons (Fsp3) is 0.417. The van der Waals surface area contributed by atoms with Crippen molar-refractivity contribution in [2.24, 2.45) is 5.92 Å². The van der Waals surface area contributed by atoms with Gasteiger partial charge < -0.3 is 14.6 Å². The monoisotopic (exact) mass is 493 g/mol. The second-order valence-corrected chi connectivity index (χ2v) is 8.08. The van der Waals surface area contributed by atoms with Crippen LogP contribution in [0.4, 0.5) is 28.0 Å². The van der Waals surface area contributed by atoms with Crippen molar-refractivity contribution in [2.75, 3.05) is 11.9 Å². The third-order valence-corrected chi connectivity index (χ3v) is 5.54. The minimum atomic E-state index is -4.67. The Balaban J connectivity index is 0.00000167. The van der Waals surface area contributed by atoms with E-state index in [1.54, 1.807) is 6.92 Å². The Hall–Kier alpha value is -3.50. The molecule has 3 aromatic rings. The molecule has 0 spiro atoms. The minimum absolute atomic E-state index is 0.0515. The molecule has 1 aromatic carbocycles. The highest BCUT2D eigenvalue weighted by Gasteiger charge is 2.36. The van der Waals surface area contributed by atoms with Gasteiger partial charge >= 0.3 is 12.2 Å². The van der Waals surface area contributed by atoms with Gasteiger partial charge in [-0.05, 0) is 48.6 Å². The molecule has 0 saturated carbocycles. The van der Waals surface area contributed by atoms with Gasteiger partial charge in [-0.3, -0.25) is 4.98 Å². The Labute approximate surface area is 200 Å². The number of halogens is 4. The van der Waals surface area contributed by atoms with Gasteiger partial charge in [0.25, 0.3) is 0 Å². The lowest BCUT2D eigenvalue weighted by Crippen LogP contribution is -2.43. The number of hydrogen-bond donors (Lipinski definition) is 1. The van der Waals surface area contributed by atoms with Crippen molar-refractivity contribution in [3.8, 4) is 11.1 Å². The van der Waals surface area contributed by atoms with Crippen LogP contribution in [0.5, 0.6) is 0 Å². The first kappa shape index (κ1) is 26.1. The topological polar surface area (TPSA) is 84.2 Å². The van der Waals surface area contributed by atoms with Gasteiger partial charge in [0.15, 0.2) is 0 Å². The number of rotatable bonds is 3. The maximum atomic E-state index is 13.6. The first-order chi connectivity index (χ1) is 16.6. The van der Waals surface area contributed by atoms with Crippen LogP contribution in [0, 0.1) is 18.7 Å². The second kappa shape index (κ2) is 10.8. The van der Waals surface area contributed by atoms with Crippen LogP contribution >= 0.6 is 0 Å². The lowest BCUT2D eigenvalue weighted by Gasteiger charge is -2.36. The molecule has 0 aliphatic carbocycles. The SMILES string of the molecule is CC.Cc1nnc(C2CC(C)CCN2C(=O)Nc2ccc(C(F)(F)F)c(-c3cncc(F)c3)c2)o1. The van der Waals surface area contributed by atoms with Gasteiger partial charge in [-0.1, -0.05) is 20.8 Å². The average Bonchev–Trinajstić information content (AvgIpc) is 3.25. The number of nitrogens with one attached hydrogen (secondary N) is 1. The molecule has 1 fully saturated rings. The summed E-state index contributed by atoms with van der Waals surface area (Å²) in [5.74, 6) is 0.243. The standard InChI is InChI=1S/C22H21F4N5O2.C2H6/c1-12-5-6-31(19(7-12)20-30-29-13(2)33-20)21(32)28-16-3-4-18(22(24,25)26)17(9-16)14-8-15(23)11-27-10-14;1-2/h3-4,8-12,19H,5-7H2,1-2H3,(H,28,32);1-2H3. The van der Waals surface area contributed by atoms with Crippen LogP contribution in [0.3, 0.4) is 0 Å². The van der Waals surface area contributed by atoms with E-state index in [1.807, 2.05) is 13.8 Å². The van der Waals surface area contributed by atoms with Crippen molar-refractivity contribution >= 4 is 11.7 Å². The number of carbonyl (C=O) groups is 1. The van der Waals surface area contributed by atoms with Crippen molar-refractivity contribution < 1.29 is 26.8 Å². The average molecular weight is 494 g/mol. The highest BCUT2D eigenvalue weighted by molar-refractivity contribution is 5.91. The van der Waals surface area contributed by atoms with E-state index in [4.69, 9.17) is 4.42 Å². The molecule has 7 nitrogen and oxygen atoms in total. The molecule has 2 amide bonds. The van der Waals surface area contributed by atoms with E-state index in [0.717, 1.165) is 43.1 Å². The van der Waals surface area contributed by atoms with E-state index in [0.29, 0.717) is 30.7 Å². The summed E-state index contributed by atoms with van der Waals surface area (Å²) in [6.45, 7) is 8.12. The van der Waals surface area contributed by atoms with Crippen molar-refractivity contribution in [3.63, 3.8) is 0 Å².